The number of hydrogen-bond acceptors (Lipinski definition) is 0. The predicted molar refractivity (Wildman–Crippen MR) is 46.1 cm³/mol. The molecule has 0 amide bonds. The van der Waals surface area contributed by atoms with Gasteiger partial charge in [-0.25, -0.2) is 0 Å². The predicted octanol–water partition coefficient (Wildman–Crippen LogP) is 2.93. The third kappa shape index (κ3) is 0.666. The molecule has 0 radical (unpaired) electrons. The minimum absolute atomic E-state index is 0.978. The Balaban J connectivity index is 1.74. The first-order valence-electron chi connectivity index (χ1n) is 5.29. The molecule has 62 valence electrons. The monoisotopic (exact) mass is 150 g/mol. The highest BCUT2D eigenvalue weighted by Gasteiger charge is 2.64. The Hall–Kier alpha value is 0. The molecule has 0 nitrogen and oxygen atoms in total. The SMILES string of the molecule is CC(C)C1C2CC3CC[C@H]3C21. The molecular formula is C11H18. The lowest BCUT2D eigenvalue weighted by Crippen LogP contribution is -2.25. The number of rotatable bonds is 1. The third-order valence-electron chi connectivity index (χ3n) is 4.61. The van der Waals surface area contributed by atoms with Crippen LogP contribution in [0.4, 0.5) is 0 Å². The van der Waals surface area contributed by atoms with E-state index in [0.29, 0.717) is 0 Å². The molecule has 3 fully saturated rings. The van der Waals surface area contributed by atoms with Gasteiger partial charge in [-0.15, -0.1) is 0 Å². The van der Waals surface area contributed by atoms with Crippen LogP contribution < -0.4 is 0 Å². The van der Waals surface area contributed by atoms with Gasteiger partial charge < -0.3 is 0 Å². The van der Waals surface area contributed by atoms with Crippen LogP contribution in [0.5, 0.6) is 0 Å². The maximum Gasteiger partial charge on any atom is -0.0318 e. The summed E-state index contributed by atoms with van der Waals surface area (Å²) in [6.07, 6.45) is 4.76. The van der Waals surface area contributed by atoms with Gasteiger partial charge in [0.1, 0.15) is 0 Å². The maximum atomic E-state index is 2.41. The molecule has 0 aromatic rings. The van der Waals surface area contributed by atoms with Gasteiger partial charge in [-0.05, 0) is 54.8 Å². The Kier molecular flexibility index (Phi) is 1.09. The van der Waals surface area contributed by atoms with E-state index >= 15 is 0 Å². The molecular weight excluding hydrogens is 132 g/mol. The van der Waals surface area contributed by atoms with Crippen LogP contribution in [0.25, 0.3) is 0 Å². The molecule has 0 aromatic heterocycles. The van der Waals surface area contributed by atoms with E-state index in [1.807, 2.05) is 0 Å². The van der Waals surface area contributed by atoms with E-state index in [1.54, 1.807) is 19.3 Å². The zero-order chi connectivity index (χ0) is 7.59. The second-order valence-corrected chi connectivity index (χ2v) is 5.30. The second-order valence-electron chi connectivity index (χ2n) is 5.30. The van der Waals surface area contributed by atoms with Crippen LogP contribution in [0.2, 0.25) is 0 Å². The Bertz CT molecular complexity index is 182. The summed E-state index contributed by atoms with van der Waals surface area (Å²) in [5.74, 6) is 6.91. The molecule has 3 aliphatic carbocycles. The summed E-state index contributed by atoms with van der Waals surface area (Å²) in [7, 11) is 0. The molecule has 0 N–H and O–H groups in total. The zero-order valence-electron chi connectivity index (χ0n) is 7.59. The highest BCUT2D eigenvalue weighted by Crippen LogP contribution is 2.70. The third-order valence-corrected chi connectivity index (χ3v) is 4.61. The van der Waals surface area contributed by atoms with Crippen molar-refractivity contribution in [1.29, 1.82) is 0 Å². The average molecular weight is 150 g/mol. The Morgan fingerprint density at radius 3 is 2.36 bits per heavy atom. The summed E-state index contributed by atoms with van der Waals surface area (Å²) in [6, 6.07) is 0. The lowest BCUT2D eigenvalue weighted by atomic mass is 9.71. The van der Waals surface area contributed by atoms with Crippen LogP contribution >= 0.6 is 0 Å². The van der Waals surface area contributed by atoms with Crippen LogP contribution in [0, 0.1) is 35.5 Å². The highest BCUT2D eigenvalue weighted by atomic mass is 14.7. The smallest absolute Gasteiger partial charge is 0.0318 e. The maximum absolute atomic E-state index is 2.41. The van der Waals surface area contributed by atoms with Gasteiger partial charge >= 0.3 is 0 Å². The summed E-state index contributed by atoms with van der Waals surface area (Å²) in [6.45, 7) is 4.83. The standard InChI is InChI=1S/C11H18/c1-6(2)10-9-5-7-3-4-8(7)11(9)10/h6-11H,3-5H2,1-2H3/t7?,8-,9?,10?,11?/m1/s1. The largest absolute Gasteiger partial charge is 0.0625 e. The molecule has 0 aromatic carbocycles. The van der Waals surface area contributed by atoms with Crippen LogP contribution in [-0.4, -0.2) is 0 Å². The molecule has 0 heterocycles. The molecule has 0 spiro atoms. The van der Waals surface area contributed by atoms with Crippen molar-refractivity contribution in [1.82, 2.24) is 0 Å². The van der Waals surface area contributed by atoms with Gasteiger partial charge in [0.2, 0.25) is 0 Å². The molecule has 0 heteroatoms. The van der Waals surface area contributed by atoms with E-state index in [1.165, 1.54) is 23.7 Å². The molecule has 3 aliphatic rings. The summed E-state index contributed by atoms with van der Waals surface area (Å²) >= 11 is 0. The first-order valence-corrected chi connectivity index (χ1v) is 5.29. The van der Waals surface area contributed by atoms with Gasteiger partial charge in [-0.1, -0.05) is 13.8 Å². The van der Waals surface area contributed by atoms with Gasteiger partial charge in [0, 0.05) is 0 Å². The summed E-state index contributed by atoms with van der Waals surface area (Å²) in [5.41, 5.74) is 0. The van der Waals surface area contributed by atoms with E-state index < -0.39 is 0 Å². The molecule has 3 rings (SSSR count). The van der Waals surface area contributed by atoms with Gasteiger partial charge in [0.15, 0.2) is 0 Å². The Morgan fingerprint density at radius 1 is 1.09 bits per heavy atom. The van der Waals surface area contributed by atoms with Crippen molar-refractivity contribution in [3.05, 3.63) is 0 Å². The van der Waals surface area contributed by atoms with Crippen molar-refractivity contribution in [2.45, 2.75) is 33.1 Å². The van der Waals surface area contributed by atoms with Gasteiger partial charge in [-0.2, -0.15) is 0 Å². The van der Waals surface area contributed by atoms with E-state index in [2.05, 4.69) is 13.8 Å². The average Bonchev–Trinajstić information content (AvgIpc) is 2.49. The molecule has 0 aliphatic heterocycles. The lowest BCUT2D eigenvalue weighted by molar-refractivity contribution is 0.156. The first kappa shape index (κ1) is 6.51. The first-order chi connectivity index (χ1) is 5.29. The van der Waals surface area contributed by atoms with Crippen LogP contribution in [0.3, 0.4) is 0 Å². The van der Waals surface area contributed by atoms with Crippen molar-refractivity contribution in [3.63, 3.8) is 0 Å². The minimum atomic E-state index is 0.978. The summed E-state index contributed by atoms with van der Waals surface area (Å²) < 4.78 is 0. The fraction of sp³-hybridized carbons (Fsp3) is 1.00. The zero-order valence-corrected chi connectivity index (χ0v) is 7.59. The molecule has 0 saturated heterocycles. The molecule has 0 bridgehead atoms. The van der Waals surface area contributed by atoms with Crippen molar-refractivity contribution in [3.8, 4) is 0 Å². The van der Waals surface area contributed by atoms with E-state index in [4.69, 9.17) is 0 Å². The van der Waals surface area contributed by atoms with E-state index in [0.717, 1.165) is 11.8 Å². The van der Waals surface area contributed by atoms with Crippen molar-refractivity contribution < 1.29 is 0 Å². The molecule has 4 unspecified atom stereocenters. The molecule has 11 heavy (non-hydrogen) atoms. The summed E-state index contributed by atoms with van der Waals surface area (Å²) in [5, 5.41) is 0. The van der Waals surface area contributed by atoms with Crippen molar-refractivity contribution in [2.24, 2.45) is 35.5 Å². The second kappa shape index (κ2) is 1.84. The van der Waals surface area contributed by atoms with Gasteiger partial charge in [0.05, 0.1) is 0 Å². The quantitative estimate of drug-likeness (QED) is 0.539. The Labute approximate surface area is 69.4 Å². The van der Waals surface area contributed by atoms with Crippen molar-refractivity contribution >= 4 is 0 Å². The van der Waals surface area contributed by atoms with Gasteiger partial charge in [0.25, 0.3) is 0 Å². The van der Waals surface area contributed by atoms with Crippen molar-refractivity contribution in [2.75, 3.05) is 0 Å². The highest BCUT2D eigenvalue weighted by molar-refractivity contribution is 5.12. The molecule has 5 atom stereocenters. The van der Waals surface area contributed by atoms with Crippen LogP contribution in [0.15, 0.2) is 0 Å². The van der Waals surface area contributed by atoms with Crippen LogP contribution in [0.1, 0.15) is 33.1 Å². The molecule has 3 saturated carbocycles. The van der Waals surface area contributed by atoms with Crippen LogP contribution in [-0.2, 0) is 0 Å². The Morgan fingerprint density at radius 2 is 1.91 bits per heavy atom. The normalized spacial score (nSPS) is 58.6. The van der Waals surface area contributed by atoms with Gasteiger partial charge in [-0.3, -0.25) is 0 Å². The fourth-order valence-corrected chi connectivity index (χ4v) is 4.03. The number of fused-ring (bicyclic) bond motifs is 3. The minimum Gasteiger partial charge on any atom is -0.0625 e. The lowest BCUT2D eigenvalue weighted by Gasteiger charge is -2.34. The van der Waals surface area contributed by atoms with E-state index in [9.17, 15) is 0 Å². The summed E-state index contributed by atoms with van der Waals surface area (Å²) in [4.78, 5) is 0. The topological polar surface area (TPSA) is 0 Å². The fourth-order valence-electron chi connectivity index (χ4n) is 4.03. The number of hydrogen-bond donors (Lipinski definition) is 0. The van der Waals surface area contributed by atoms with E-state index in [-0.39, 0.29) is 0 Å².